The second kappa shape index (κ2) is 10.6. The molecule has 0 atom stereocenters. The van der Waals surface area contributed by atoms with Crippen LogP contribution < -0.4 is 0 Å². The Bertz CT molecular complexity index is 2780. The summed E-state index contributed by atoms with van der Waals surface area (Å²) in [4.78, 5) is 14.6. The van der Waals surface area contributed by atoms with Crippen LogP contribution in [0.5, 0.6) is 0 Å². The van der Waals surface area contributed by atoms with Gasteiger partial charge in [0.2, 0.25) is 5.71 Å². The van der Waals surface area contributed by atoms with Crippen LogP contribution in [0.2, 0.25) is 0 Å². The van der Waals surface area contributed by atoms with E-state index in [1.807, 2.05) is 24.3 Å². The summed E-state index contributed by atoms with van der Waals surface area (Å²) in [5.74, 6) is 1.25. The lowest BCUT2D eigenvalue weighted by atomic mass is 9.88. The van der Waals surface area contributed by atoms with E-state index >= 15 is 0 Å². The van der Waals surface area contributed by atoms with Gasteiger partial charge in [-0.05, 0) is 89.5 Å². The molecule has 0 amide bonds. The summed E-state index contributed by atoms with van der Waals surface area (Å²) < 4.78 is 38.3. The Kier molecular flexibility index (Phi) is 5.62. The highest BCUT2D eigenvalue weighted by Crippen LogP contribution is 2.43. The normalized spacial score (nSPS) is 13.4. The molecule has 6 nitrogen and oxygen atoms in total. The van der Waals surface area contributed by atoms with Crippen LogP contribution in [0.3, 0.4) is 0 Å². The standard InChI is InChI=1S/C42H34N4O2/c1-23(2)31-20-27(26-12-7-6-8-13-26)21-32(24(3)4)39(31)46-34-17-10-9-16-33(34)44-41(46)30-15-11-14-28-37-35(47-40(28)30)22-36-38(45-37)29-19-18-25(5)43-42(29)48-36/h6-24H,1-5H3/i5D3. The molecule has 9 rings (SSSR count). The average molecular weight is 630 g/mol. The molecular weight excluding hydrogens is 592 g/mol. The Morgan fingerprint density at radius 1 is 0.646 bits per heavy atom. The highest BCUT2D eigenvalue weighted by molar-refractivity contribution is 6.12. The number of hydrogen-bond donors (Lipinski definition) is 0. The molecule has 6 heteroatoms. The van der Waals surface area contributed by atoms with Gasteiger partial charge in [0.15, 0.2) is 11.2 Å². The summed E-state index contributed by atoms with van der Waals surface area (Å²) in [6.07, 6.45) is 0. The highest BCUT2D eigenvalue weighted by Gasteiger charge is 2.26. The number of fused-ring (bicyclic) bond motifs is 7. The fourth-order valence-corrected chi connectivity index (χ4v) is 6.99. The minimum Gasteiger partial charge on any atom is -0.453 e. The van der Waals surface area contributed by atoms with Gasteiger partial charge in [-0.3, -0.25) is 4.57 Å². The quantitative estimate of drug-likeness (QED) is 0.189. The topological polar surface area (TPSA) is 69.9 Å². The van der Waals surface area contributed by atoms with E-state index in [0.717, 1.165) is 33.5 Å². The molecule has 0 aliphatic carbocycles. The van der Waals surface area contributed by atoms with Crippen molar-refractivity contribution >= 4 is 55.3 Å². The van der Waals surface area contributed by atoms with Gasteiger partial charge in [0.05, 0.1) is 27.7 Å². The Hall–Kier alpha value is -5.75. The molecule has 0 fully saturated rings. The Morgan fingerprint density at radius 3 is 2.15 bits per heavy atom. The zero-order valence-electron chi connectivity index (χ0n) is 30.1. The lowest BCUT2D eigenvalue weighted by molar-refractivity contribution is 0.645. The van der Waals surface area contributed by atoms with Gasteiger partial charge >= 0.3 is 0 Å². The SMILES string of the molecule is [2H]C([2H])([2H])c1ccc2c(n1)oc1cc3oc4c(-c5nc6ccccc6n5-c5c(C(C)C)cc(-c6ccccc6)cc5C(C)C)cccc4c3nc12. The molecule has 0 radical (unpaired) electrons. The number of aromatic nitrogens is 4. The number of aryl methyl sites for hydroxylation is 1. The summed E-state index contributed by atoms with van der Waals surface area (Å²) >= 11 is 0. The van der Waals surface area contributed by atoms with E-state index in [9.17, 15) is 0 Å². The monoisotopic (exact) mass is 629 g/mol. The molecule has 5 aromatic heterocycles. The Labute approximate surface area is 281 Å². The van der Waals surface area contributed by atoms with Crippen molar-refractivity contribution in [1.82, 2.24) is 19.5 Å². The average Bonchev–Trinajstić information content (AvgIpc) is 3.80. The zero-order valence-corrected chi connectivity index (χ0v) is 27.1. The van der Waals surface area contributed by atoms with Gasteiger partial charge in [-0.2, -0.15) is 0 Å². The van der Waals surface area contributed by atoms with Crippen molar-refractivity contribution in [3.63, 3.8) is 0 Å². The number of rotatable bonds is 5. The van der Waals surface area contributed by atoms with Gasteiger partial charge < -0.3 is 8.83 Å². The van der Waals surface area contributed by atoms with Crippen molar-refractivity contribution in [1.29, 1.82) is 0 Å². The van der Waals surface area contributed by atoms with Crippen LogP contribution in [-0.4, -0.2) is 19.5 Å². The van der Waals surface area contributed by atoms with E-state index in [0.29, 0.717) is 33.2 Å². The number of para-hydroxylation sites is 3. The third-order valence-electron chi connectivity index (χ3n) is 9.30. The molecule has 5 heterocycles. The Balaban J connectivity index is 1.31. The summed E-state index contributed by atoms with van der Waals surface area (Å²) in [5, 5.41) is 1.49. The highest BCUT2D eigenvalue weighted by atomic mass is 16.3. The van der Waals surface area contributed by atoms with Gasteiger partial charge in [0.1, 0.15) is 22.4 Å². The van der Waals surface area contributed by atoms with Crippen LogP contribution in [0.25, 0.3) is 83.5 Å². The number of pyridine rings is 2. The number of benzene rings is 4. The second-order valence-electron chi connectivity index (χ2n) is 13.1. The first-order valence-corrected chi connectivity index (χ1v) is 16.3. The zero-order chi connectivity index (χ0) is 35.2. The Morgan fingerprint density at radius 2 is 1.38 bits per heavy atom. The largest absolute Gasteiger partial charge is 0.453 e. The molecule has 0 unspecified atom stereocenters. The summed E-state index contributed by atoms with van der Waals surface area (Å²) in [5.41, 5.74) is 12.0. The van der Waals surface area contributed by atoms with E-state index in [-0.39, 0.29) is 23.2 Å². The molecule has 0 spiro atoms. The van der Waals surface area contributed by atoms with E-state index < -0.39 is 6.85 Å². The van der Waals surface area contributed by atoms with Crippen molar-refractivity contribution in [2.24, 2.45) is 0 Å². The third kappa shape index (κ3) is 4.29. The molecule has 4 aromatic carbocycles. The predicted octanol–water partition coefficient (Wildman–Crippen LogP) is 11.5. The smallest absolute Gasteiger partial charge is 0.229 e. The first-order valence-electron chi connectivity index (χ1n) is 17.8. The van der Waals surface area contributed by atoms with Crippen LogP contribution in [0, 0.1) is 6.85 Å². The number of furan rings is 2. The summed E-state index contributed by atoms with van der Waals surface area (Å²) in [6, 6.07) is 34.6. The molecular formula is C42H34N4O2. The fraction of sp³-hybridized carbons (Fsp3) is 0.167. The number of imidazole rings is 1. The minimum atomic E-state index is -2.34. The first kappa shape index (κ1) is 25.4. The minimum absolute atomic E-state index is 0.0216. The van der Waals surface area contributed by atoms with Gasteiger partial charge in [0.25, 0.3) is 0 Å². The van der Waals surface area contributed by atoms with E-state index in [2.05, 4.69) is 104 Å². The molecule has 0 bridgehead atoms. The second-order valence-corrected chi connectivity index (χ2v) is 13.1. The summed E-state index contributed by atoms with van der Waals surface area (Å²) in [7, 11) is 0. The third-order valence-corrected chi connectivity index (χ3v) is 9.30. The summed E-state index contributed by atoms with van der Waals surface area (Å²) in [6.45, 7) is 6.66. The molecule has 0 aliphatic rings. The van der Waals surface area contributed by atoms with Crippen molar-refractivity contribution in [3.05, 3.63) is 120 Å². The maximum Gasteiger partial charge on any atom is 0.229 e. The van der Waals surface area contributed by atoms with Crippen molar-refractivity contribution < 1.29 is 12.9 Å². The maximum atomic E-state index is 7.76. The van der Waals surface area contributed by atoms with Crippen LogP contribution in [0.4, 0.5) is 0 Å². The maximum absolute atomic E-state index is 7.76. The molecule has 0 saturated carbocycles. The molecule has 0 N–H and O–H groups in total. The molecule has 0 aliphatic heterocycles. The van der Waals surface area contributed by atoms with Crippen molar-refractivity contribution in [2.75, 3.05) is 0 Å². The first-order chi connectivity index (χ1) is 24.6. The van der Waals surface area contributed by atoms with Crippen molar-refractivity contribution in [2.45, 2.75) is 46.4 Å². The molecule has 0 saturated heterocycles. The predicted molar refractivity (Wildman–Crippen MR) is 195 cm³/mol. The van der Waals surface area contributed by atoms with E-state index in [1.54, 1.807) is 6.07 Å². The fourth-order valence-electron chi connectivity index (χ4n) is 6.99. The van der Waals surface area contributed by atoms with Crippen LogP contribution in [0.15, 0.2) is 112 Å². The van der Waals surface area contributed by atoms with Gasteiger partial charge in [0, 0.05) is 21.3 Å². The lowest BCUT2D eigenvalue weighted by Gasteiger charge is -2.24. The van der Waals surface area contributed by atoms with Crippen LogP contribution in [0.1, 0.15) is 60.5 Å². The number of hydrogen-bond acceptors (Lipinski definition) is 5. The molecule has 9 aromatic rings. The van der Waals surface area contributed by atoms with Gasteiger partial charge in [-0.25, -0.2) is 15.0 Å². The van der Waals surface area contributed by atoms with Crippen molar-refractivity contribution in [3.8, 4) is 28.2 Å². The van der Waals surface area contributed by atoms with Gasteiger partial charge in [-0.15, -0.1) is 0 Å². The van der Waals surface area contributed by atoms with Crippen LogP contribution in [-0.2, 0) is 0 Å². The van der Waals surface area contributed by atoms with Gasteiger partial charge in [-0.1, -0.05) is 76.2 Å². The number of nitrogens with zero attached hydrogens (tertiary/aromatic N) is 4. The molecule has 234 valence electrons. The van der Waals surface area contributed by atoms with E-state index in [4.69, 9.17) is 22.9 Å². The molecule has 48 heavy (non-hydrogen) atoms. The van der Waals surface area contributed by atoms with E-state index in [1.165, 1.54) is 28.3 Å². The van der Waals surface area contributed by atoms with Crippen LogP contribution >= 0.6 is 0 Å². The lowest BCUT2D eigenvalue weighted by Crippen LogP contribution is -2.09.